The summed E-state index contributed by atoms with van der Waals surface area (Å²) in [6.07, 6.45) is 2.09. The first-order valence-corrected chi connectivity index (χ1v) is 5.96. The predicted octanol–water partition coefficient (Wildman–Crippen LogP) is 3.12. The van der Waals surface area contributed by atoms with Gasteiger partial charge in [0.1, 0.15) is 5.82 Å². The number of hydrogen-bond donors (Lipinski definition) is 0. The molecule has 0 unspecified atom stereocenters. The largest absolute Gasteiger partial charge is 0.306 e. The zero-order valence-electron chi connectivity index (χ0n) is 10.4. The van der Waals surface area contributed by atoms with Crippen LogP contribution < -0.4 is 0 Å². The lowest BCUT2D eigenvalue weighted by atomic mass is 9.74. The number of likely N-dealkylation sites (tertiary alicyclic amines) is 1. The monoisotopic (exact) mass is 221 g/mol. The van der Waals surface area contributed by atoms with Gasteiger partial charge in [0.05, 0.1) is 0 Å². The Morgan fingerprint density at radius 1 is 1.25 bits per heavy atom. The van der Waals surface area contributed by atoms with Crippen LogP contribution in [0.5, 0.6) is 0 Å². The molecular weight excluding hydrogens is 201 g/mol. The zero-order chi connectivity index (χ0) is 11.8. The Kier molecular flexibility index (Phi) is 3.02. The van der Waals surface area contributed by atoms with E-state index in [1.54, 1.807) is 6.07 Å². The fraction of sp³-hybridized carbons (Fsp3) is 0.571. The molecule has 0 atom stereocenters. The molecule has 2 heteroatoms. The van der Waals surface area contributed by atoms with E-state index in [1.165, 1.54) is 0 Å². The number of hydrogen-bond acceptors (Lipinski definition) is 1. The van der Waals surface area contributed by atoms with Crippen LogP contribution in [0, 0.1) is 12.7 Å². The van der Waals surface area contributed by atoms with Crippen molar-refractivity contribution in [2.45, 2.75) is 32.1 Å². The van der Waals surface area contributed by atoms with Gasteiger partial charge in [0.15, 0.2) is 0 Å². The molecule has 16 heavy (non-hydrogen) atoms. The van der Waals surface area contributed by atoms with Crippen molar-refractivity contribution in [3.05, 3.63) is 35.1 Å². The van der Waals surface area contributed by atoms with E-state index in [1.807, 2.05) is 19.1 Å². The number of rotatable bonds is 1. The summed E-state index contributed by atoms with van der Waals surface area (Å²) in [6, 6.07) is 5.64. The van der Waals surface area contributed by atoms with Crippen molar-refractivity contribution in [1.29, 1.82) is 0 Å². The molecule has 0 saturated carbocycles. The van der Waals surface area contributed by atoms with Gasteiger partial charge in [-0.15, -0.1) is 0 Å². The molecule has 0 aliphatic carbocycles. The SMILES string of the molecule is Cc1ccc(C2(C)CCN(C)CC2)c(F)c1. The maximum Gasteiger partial charge on any atom is 0.127 e. The van der Waals surface area contributed by atoms with E-state index in [0.29, 0.717) is 0 Å². The lowest BCUT2D eigenvalue weighted by Crippen LogP contribution is -2.39. The van der Waals surface area contributed by atoms with Crippen molar-refractivity contribution in [1.82, 2.24) is 4.90 Å². The molecule has 0 radical (unpaired) electrons. The van der Waals surface area contributed by atoms with Crippen LogP contribution in [0.3, 0.4) is 0 Å². The second-order valence-electron chi connectivity index (χ2n) is 5.35. The molecule has 1 aliphatic rings. The highest BCUT2D eigenvalue weighted by Gasteiger charge is 2.32. The van der Waals surface area contributed by atoms with Crippen LogP contribution >= 0.6 is 0 Å². The summed E-state index contributed by atoms with van der Waals surface area (Å²) in [5, 5.41) is 0. The molecule has 1 heterocycles. The van der Waals surface area contributed by atoms with E-state index in [4.69, 9.17) is 0 Å². The average molecular weight is 221 g/mol. The highest BCUT2D eigenvalue weighted by Crippen LogP contribution is 2.36. The summed E-state index contributed by atoms with van der Waals surface area (Å²) in [5.74, 6) is -0.0351. The maximum atomic E-state index is 14.0. The number of piperidine rings is 1. The van der Waals surface area contributed by atoms with Crippen LogP contribution in [0.4, 0.5) is 4.39 Å². The Bertz CT molecular complexity index is 378. The van der Waals surface area contributed by atoms with Gasteiger partial charge in [0.25, 0.3) is 0 Å². The van der Waals surface area contributed by atoms with Crippen LogP contribution in [0.1, 0.15) is 30.9 Å². The van der Waals surface area contributed by atoms with Gasteiger partial charge in [-0.05, 0) is 62.5 Å². The van der Waals surface area contributed by atoms with E-state index < -0.39 is 0 Å². The second-order valence-corrected chi connectivity index (χ2v) is 5.35. The Hall–Kier alpha value is -0.890. The van der Waals surface area contributed by atoms with Gasteiger partial charge in [0, 0.05) is 0 Å². The van der Waals surface area contributed by atoms with E-state index >= 15 is 0 Å². The van der Waals surface area contributed by atoms with Crippen molar-refractivity contribution >= 4 is 0 Å². The van der Waals surface area contributed by atoms with Crippen molar-refractivity contribution in [2.24, 2.45) is 0 Å². The molecule has 2 rings (SSSR count). The van der Waals surface area contributed by atoms with Crippen molar-refractivity contribution in [3.63, 3.8) is 0 Å². The molecule has 88 valence electrons. The highest BCUT2D eigenvalue weighted by molar-refractivity contribution is 5.30. The second kappa shape index (κ2) is 4.17. The normalized spacial score (nSPS) is 21.0. The summed E-state index contributed by atoms with van der Waals surface area (Å²) in [7, 11) is 2.13. The van der Waals surface area contributed by atoms with Gasteiger partial charge in [-0.1, -0.05) is 19.1 Å². The van der Waals surface area contributed by atoms with E-state index in [0.717, 1.165) is 37.1 Å². The minimum atomic E-state index is -0.0351. The van der Waals surface area contributed by atoms with Crippen molar-refractivity contribution in [3.8, 4) is 0 Å². The fourth-order valence-corrected chi connectivity index (χ4v) is 2.49. The highest BCUT2D eigenvalue weighted by atomic mass is 19.1. The minimum Gasteiger partial charge on any atom is -0.306 e. The zero-order valence-corrected chi connectivity index (χ0v) is 10.4. The van der Waals surface area contributed by atoms with Crippen LogP contribution in [0.2, 0.25) is 0 Å². The molecule has 1 aliphatic heterocycles. The third-order valence-electron chi connectivity index (χ3n) is 3.87. The lowest BCUT2D eigenvalue weighted by Gasteiger charge is -2.38. The van der Waals surface area contributed by atoms with Gasteiger partial charge >= 0.3 is 0 Å². The Balaban J connectivity index is 2.29. The van der Waals surface area contributed by atoms with Crippen LogP contribution in [0.25, 0.3) is 0 Å². The Labute approximate surface area is 97.3 Å². The topological polar surface area (TPSA) is 3.24 Å². The van der Waals surface area contributed by atoms with Crippen LogP contribution in [-0.2, 0) is 5.41 Å². The predicted molar refractivity (Wildman–Crippen MR) is 65.2 cm³/mol. The molecular formula is C14H20FN. The number of benzene rings is 1. The molecule has 1 saturated heterocycles. The standard InChI is InChI=1S/C14H20FN/c1-11-4-5-12(13(15)10-11)14(2)6-8-16(3)9-7-14/h4-5,10H,6-9H2,1-3H3. The first-order chi connectivity index (χ1) is 7.51. The quantitative estimate of drug-likeness (QED) is 0.704. The molecule has 0 bridgehead atoms. The summed E-state index contributed by atoms with van der Waals surface area (Å²) in [6.45, 7) is 6.24. The minimum absolute atomic E-state index is 0.0181. The van der Waals surface area contributed by atoms with E-state index in [9.17, 15) is 4.39 Å². The number of nitrogens with zero attached hydrogens (tertiary/aromatic N) is 1. The molecule has 1 aromatic rings. The van der Waals surface area contributed by atoms with E-state index in [2.05, 4.69) is 18.9 Å². The van der Waals surface area contributed by atoms with Crippen molar-refractivity contribution in [2.75, 3.05) is 20.1 Å². The van der Waals surface area contributed by atoms with Gasteiger partial charge in [-0.25, -0.2) is 4.39 Å². The molecule has 0 amide bonds. The summed E-state index contributed by atoms with van der Waals surface area (Å²) >= 11 is 0. The molecule has 0 spiro atoms. The van der Waals surface area contributed by atoms with Gasteiger partial charge in [0.2, 0.25) is 0 Å². The smallest absolute Gasteiger partial charge is 0.127 e. The third kappa shape index (κ3) is 2.12. The first kappa shape index (κ1) is 11.6. The van der Waals surface area contributed by atoms with Gasteiger partial charge < -0.3 is 4.90 Å². The third-order valence-corrected chi connectivity index (χ3v) is 3.87. The fourth-order valence-electron chi connectivity index (χ4n) is 2.49. The number of aryl methyl sites for hydroxylation is 1. The lowest BCUT2D eigenvalue weighted by molar-refractivity contribution is 0.196. The summed E-state index contributed by atoms with van der Waals surface area (Å²) in [5.41, 5.74) is 1.91. The summed E-state index contributed by atoms with van der Waals surface area (Å²) in [4.78, 5) is 2.31. The van der Waals surface area contributed by atoms with Crippen LogP contribution in [-0.4, -0.2) is 25.0 Å². The number of halogens is 1. The average Bonchev–Trinajstić information content (AvgIpc) is 2.22. The maximum absolute atomic E-state index is 14.0. The Morgan fingerprint density at radius 2 is 1.88 bits per heavy atom. The van der Waals surface area contributed by atoms with Crippen LogP contribution in [0.15, 0.2) is 18.2 Å². The van der Waals surface area contributed by atoms with Gasteiger partial charge in [-0.2, -0.15) is 0 Å². The first-order valence-electron chi connectivity index (χ1n) is 5.96. The molecule has 1 nitrogen and oxygen atoms in total. The van der Waals surface area contributed by atoms with Gasteiger partial charge in [-0.3, -0.25) is 0 Å². The summed E-state index contributed by atoms with van der Waals surface area (Å²) < 4.78 is 14.0. The molecule has 0 N–H and O–H groups in total. The van der Waals surface area contributed by atoms with Crippen molar-refractivity contribution < 1.29 is 4.39 Å². The molecule has 1 aromatic carbocycles. The van der Waals surface area contributed by atoms with E-state index in [-0.39, 0.29) is 11.2 Å². The Morgan fingerprint density at radius 3 is 2.44 bits per heavy atom. The molecule has 0 aromatic heterocycles. The molecule has 1 fully saturated rings.